The van der Waals surface area contributed by atoms with Crippen LogP contribution < -0.4 is 15.5 Å². The van der Waals surface area contributed by atoms with Gasteiger partial charge in [-0.1, -0.05) is 54.0 Å². The largest absolute Gasteiger partial charge is 0.497 e. The highest BCUT2D eigenvalue weighted by Crippen LogP contribution is 2.22. The van der Waals surface area contributed by atoms with E-state index in [4.69, 9.17) is 4.74 Å². The third-order valence-electron chi connectivity index (χ3n) is 6.31. The van der Waals surface area contributed by atoms with E-state index < -0.39 is 5.91 Å². The molecule has 39 heavy (non-hydrogen) atoms. The molecule has 0 radical (unpaired) electrons. The molecule has 0 saturated heterocycles. The number of rotatable bonds is 13. The van der Waals surface area contributed by atoms with Crippen LogP contribution in [0.5, 0.6) is 5.75 Å². The van der Waals surface area contributed by atoms with Crippen molar-refractivity contribution in [1.29, 1.82) is 0 Å². The Balaban J connectivity index is 1.62. The van der Waals surface area contributed by atoms with Gasteiger partial charge in [0.15, 0.2) is 0 Å². The van der Waals surface area contributed by atoms with Gasteiger partial charge in [-0.15, -0.1) is 0 Å². The van der Waals surface area contributed by atoms with Gasteiger partial charge in [-0.2, -0.15) is 5.10 Å². The third-order valence-corrected chi connectivity index (χ3v) is 6.80. The van der Waals surface area contributed by atoms with Gasteiger partial charge in [0.1, 0.15) is 5.75 Å². The molecule has 3 aromatic rings. The van der Waals surface area contributed by atoms with Crippen LogP contribution in [0.15, 0.2) is 76.3 Å². The average Bonchev–Trinajstić information content (AvgIpc) is 2.95. The molecule has 0 aliphatic rings. The first-order valence-corrected chi connectivity index (χ1v) is 13.7. The van der Waals surface area contributed by atoms with E-state index in [0.717, 1.165) is 43.9 Å². The Hall–Kier alpha value is -3.53. The number of benzene rings is 3. The molecule has 0 aromatic heterocycles. The zero-order valence-corrected chi connectivity index (χ0v) is 24.5. The van der Waals surface area contributed by atoms with Crippen LogP contribution in [0.25, 0.3) is 0 Å². The minimum atomic E-state index is -0.450. The third kappa shape index (κ3) is 9.31. The quantitative estimate of drug-likeness (QED) is 0.209. The van der Waals surface area contributed by atoms with Gasteiger partial charge >= 0.3 is 0 Å². The Morgan fingerprint density at radius 3 is 2.41 bits per heavy atom. The zero-order valence-electron chi connectivity index (χ0n) is 22.9. The number of hydrogen-bond acceptors (Lipinski definition) is 6. The lowest BCUT2D eigenvalue weighted by molar-refractivity contribution is 0.0956. The number of halogens is 1. The predicted octanol–water partition coefficient (Wildman–Crippen LogP) is 5.25. The summed E-state index contributed by atoms with van der Waals surface area (Å²) in [5, 5.41) is 6.91. The lowest BCUT2D eigenvalue weighted by Crippen LogP contribution is -2.32. The summed E-state index contributed by atoms with van der Waals surface area (Å²) in [6, 6.07) is 19.9. The monoisotopic (exact) mass is 593 g/mol. The van der Waals surface area contributed by atoms with Crippen molar-refractivity contribution in [2.75, 3.05) is 45.7 Å². The van der Waals surface area contributed by atoms with Crippen LogP contribution >= 0.6 is 15.9 Å². The van der Waals surface area contributed by atoms with Crippen LogP contribution in [-0.4, -0.2) is 68.2 Å². The fourth-order valence-electron chi connectivity index (χ4n) is 3.96. The normalized spacial score (nSPS) is 11.3. The summed E-state index contributed by atoms with van der Waals surface area (Å²) in [6.07, 6.45) is 1.53. The molecule has 0 bridgehead atoms. The molecule has 0 aliphatic heterocycles. The van der Waals surface area contributed by atoms with Crippen molar-refractivity contribution < 1.29 is 14.3 Å². The number of nitrogens with zero attached hydrogens (tertiary/aromatic N) is 3. The number of hydrazone groups is 1. The van der Waals surface area contributed by atoms with Gasteiger partial charge < -0.3 is 19.9 Å². The minimum absolute atomic E-state index is 0.284. The first-order chi connectivity index (χ1) is 18.8. The number of ether oxygens (including phenoxy) is 1. The molecular weight excluding hydrogens is 558 g/mol. The Kier molecular flexibility index (Phi) is 11.7. The topological polar surface area (TPSA) is 86.3 Å². The van der Waals surface area contributed by atoms with Crippen LogP contribution in [0.4, 0.5) is 5.69 Å². The standard InChI is InChI=1S/C30H36BrN5O3/c1-5-36(6-2)17-16-35(3)21-22-10-12-24(13-11-22)29(37)33-28-15-14-25(31)19-27(28)30(38)34-32-20-23-8-7-9-26(18-23)39-4/h7-15,18-20H,5-6,16-17,21H2,1-4H3,(H,33,37)(H,34,38). The molecule has 2 N–H and O–H groups in total. The smallest absolute Gasteiger partial charge is 0.273 e. The van der Waals surface area contributed by atoms with E-state index >= 15 is 0 Å². The maximum atomic E-state index is 13.0. The first kappa shape index (κ1) is 30.0. The van der Waals surface area contributed by atoms with Gasteiger partial charge in [0, 0.05) is 29.7 Å². The lowest BCUT2D eigenvalue weighted by Gasteiger charge is -2.23. The van der Waals surface area contributed by atoms with Gasteiger partial charge in [0.05, 0.1) is 24.6 Å². The molecule has 0 atom stereocenters. The van der Waals surface area contributed by atoms with Gasteiger partial charge in [0.2, 0.25) is 0 Å². The number of carbonyl (C=O) groups is 2. The fourth-order valence-corrected chi connectivity index (χ4v) is 4.32. The average molecular weight is 595 g/mol. The van der Waals surface area contributed by atoms with Crippen molar-refractivity contribution in [3.63, 3.8) is 0 Å². The van der Waals surface area contributed by atoms with Crippen molar-refractivity contribution in [2.24, 2.45) is 5.10 Å². The maximum absolute atomic E-state index is 13.0. The number of methoxy groups -OCH3 is 1. The van der Waals surface area contributed by atoms with Crippen molar-refractivity contribution >= 4 is 39.6 Å². The molecule has 2 amide bonds. The van der Waals surface area contributed by atoms with Crippen molar-refractivity contribution in [1.82, 2.24) is 15.2 Å². The Morgan fingerprint density at radius 2 is 1.72 bits per heavy atom. The van der Waals surface area contributed by atoms with Gasteiger partial charge in [-0.05, 0) is 73.7 Å². The molecular formula is C30H36BrN5O3. The molecule has 9 heteroatoms. The molecule has 3 rings (SSSR count). The van der Waals surface area contributed by atoms with E-state index in [0.29, 0.717) is 21.5 Å². The van der Waals surface area contributed by atoms with Crippen LogP contribution in [-0.2, 0) is 6.54 Å². The second-order valence-corrected chi connectivity index (χ2v) is 10.00. The van der Waals surface area contributed by atoms with E-state index in [9.17, 15) is 9.59 Å². The molecule has 8 nitrogen and oxygen atoms in total. The second kappa shape index (κ2) is 15.2. The van der Waals surface area contributed by atoms with Crippen LogP contribution in [0.3, 0.4) is 0 Å². The summed E-state index contributed by atoms with van der Waals surface area (Å²) in [6.45, 7) is 9.25. The van der Waals surface area contributed by atoms with E-state index in [1.807, 2.05) is 30.3 Å². The van der Waals surface area contributed by atoms with E-state index in [-0.39, 0.29) is 11.5 Å². The van der Waals surface area contributed by atoms with Crippen molar-refractivity contribution in [3.8, 4) is 5.75 Å². The summed E-state index contributed by atoms with van der Waals surface area (Å²) in [7, 11) is 3.69. The summed E-state index contributed by atoms with van der Waals surface area (Å²) in [4.78, 5) is 30.6. The Labute approximate surface area is 239 Å². The number of amides is 2. The van der Waals surface area contributed by atoms with Gasteiger partial charge in [-0.3, -0.25) is 9.59 Å². The highest BCUT2D eigenvalue weighted by atomic mass is 79.9. The Bertz CT molecular complexity index is 1280. The highest BCUT2D eigenvalue weighted by molar-refractivity contribution is 9.10. The second-order valence-electron chi connectivity index (χ2n) is 9.08. The van der Waals surface area contributed by atoms with E-state index in [1.165, 1.54) is 6.21 Å². The number of anilines is 1. The molecule has 3 aromatic carbocycles. The maximum Gasteiger partial charge on any atom is 0.273 e. The predicted molar refractivity (Wildman–Crippen MR) is 161 cm³/mol. The summed E-state index contributed by atoms with van der Waals surface area (Å²) in [5.74, 6) is -0.0564. The zero-order chi connectivity index (χ0) is 28.2. The summed E-state index contributed by atoms with van der Waals surface area (Å²) >= 11 is 3.40. The molecule has 206 valence electrons. The highest BCUT2D eigenvalue weighted by Gasteiger charge is 2.15. The SMILES string of the molecule is CCN(CC)CCN(C)Cc1ccc(C(=O)Nc2ccc(Br)cc2C(=O)NN=Cc2cccc(OC)c2)cc1. The first-order valence-electron chi connectivity index (χ1n) is 12.9. The molecule has 0 fully saturated rings. The number of hydrogen-bond donors (Lipinski definition) is 2. The van der Waals surface area contributed by atoms with Crippen molar-refractivity contribution in [3.05, 3.63) is 93.5 Å². The molecule has 0 saturated carbocycles. The molecule has 0 spiro atoms. The van der Waals surface area contributed by atoms with E-state index in [2.05, 4.69) is 62.5 Å². The summed E-state index contributed by atoms with van der Waals surface area (Å²) < 4.78 is 5.91. The molecule has 0 heterocycles. The molecule has 0 unspecified atom stereocenters. The number of carbonyl (C=O) groups excluding carboxylic acids is 2. The van der Waals surface area contributed by atoms with Gasteiger partial charge in [0.25, 0.3) is 11.8 Å². The number of nitrogens with one attached hydrogen (secondary N) is 2. The van der Waals surface area contributed by atoms with Gasteiger partial charge in [-0.25, -0.2) is 5.43 Å². The number of likely N-dealkylation sites (N-methyl/N-ethyl adjacent to an activating group) is 2. The summed E-state index contributed by atoms with van der Waals surface area (Å²) in [5.41, 5.74) is 5.61. The van der Waals surface area contributed by atoms with Crippen LogP contribution in [0.1, 0.15) is 45.7 Å². The molecule has 0 aliphatic carbocycles. The van der Waals surface area contributed by atoms with E-state index in [1.54, 1.807) is 43.5 Å². The van der Waals surface area contributed by atoms with Crippen LogP contribution in [0.2, 0.25) is 0 Å². The van der Waals surface area contributed by atoms with Crippen LogP contribution in [0, 0.1) is 0 Å². The Morgan fingerprint density at radius 1 is 0.974 bits per heavy atom. The lowest BCUT2D eigenvalue weighted by atomic mass is 10.1. The van der Waals surface area contributed by atoms with Crippen molar-refractivity contribution in [2.45, 2.75) is 20.4 Å². The fraction of sp³-hybridized carbons (Fsp3) is 0.300. The minimum Gasteiger partial charge on any atom is -0.497 e.